The SMILES string of the molecule is CC1(C)c2ccccc2-c2ccc3c(c21)c1nc(-c2ccccc2)ncc1n3-c1ccc(-c2ccccc2)cc1. The molecule has 0 spiro atoms. The Morgan fingerprint density at radius 1 is 0.575 bits per heavy atom. The van der Waals surface area contributed by atoms with Crippen LogP contribution in [0.25, 0.3) is 61.3 Å². The molecule has 3 nitrogen and oxygen atoms in total. The van der Waals surface area contributed by atoms with Gasteiger partial charge in [0.15, 0.2) is 5.82 Å². The average molecular weight is 514 g/mol. The molecule has 0 radical (unpaired) electrons. The van der Waals surface area contributed by atoms with Gasteiger partial charge in [0.05, 0.1) is 17.2 Å². The van der Waals surface area contributed by atoms with Gasteiger partial charge < -0.3 is 4.57 Å². The van der Waals surface area contributed by atoms with Crippen molar-refractivity contribution in [2.45, 2.75) is 19.3 Å². The number of benzene rings is 5. The fourth-order valence-electron chi connectivity index (χ4n) is 6.58. The first-order valence-corrected chi connectivity index (χ1v) is 13.8. The topological polar surface area (TPSA) is 30.7 Å². The molecule has 0 fully saturated rings. The lowest BCUT2D eigenvalue weighted by Crippen LogP contribution is -2.15. The summed E-state index contributed by atoms with van der Waals surface area (Å²) in [7, 11) is 0. The summed E-state index contributed by atoms with van der Waals surface area (Å²) in [6, 6.07) is 43.0. The molecular formula is C37H27N3. The van der Waals surface area contributed by atoms with E-state index in [4.69, 9.17) is 9.97 Å². The van der Waals surface area contributed by atoms with E-state index in [1.54, 1.807) is 0 Å². The quantitative estimate of drug-likeness (QED) is 0.236. The minimum absolute atomic E-state index is 0.153. The van der Waals surface area contributed by atoms with Crippen molar-refractivity contribution in [3.63, 3.8) is 0 Å². The van der Waals surface area contributed by atoms with E-state index in [-0.39, 0.29) is 5.41 Å². The summed E-state index contributed by atoms with van der Waals surface area (Å²) >= 11 is 0. The first-order chi connectivity index (χ1) is 19.6. The van der Waals surface area contributed by atoms with Crippen molar-refractivity contribution in [3.8, 4) is 39.3 Å². The van der Waals surface area contributed by atoms with E-state index in [1.807, 2.05) is 24.4 Å². The van der Waals surface area contributed by atoms with Crippen molar-refractivity contribution in [3.05, 3.63) is 139 Å². The van der Waals surface area contributed by atoms with Crippen LogP contribution in [0.5, 0.6) is 0 Å². The molecule has 7 aromatic rings. The van der Waals surface area contributed by atoms with E-state index < -0.39 is 0 Å². The first kappa shape index (κ1) is 22.9. The maximum absolute atomic E-state index is 5.26. The van der Waals surface area contributed by atoms with Crippen molar-refractivity contribution < 1.29 is 0 Å². The molecular weight excluding hydrogens is 486 g/mol. The van der Waals surface area contributed by atoms with Crippen LogP contribution in [0.1, 0.15) is 25.0 Å². The van der Waals surface area contributed by atoms with Crippen LogP contribution in [-0.4, -0.2) is 14.5 Å². The van der Waals surface area contributed by atoms with E-state index in [2.05, 4.69) is 122 Å². The highest BCUT2D eigenvalue weighted by Crippen LogP contribution is 2.53. The smallest absolute Gasteiger partial charge is 0.159 e. The van der Waals surface area contributed by atoms with Crippen molar-refractivity contribution >= 4 is 21.9 Å². The van der Waals surface area contributed by atoms with Gasteiger partial charge in [0.2, 0.25) is 0 Å². The Balaban J connectivity index is 1.43. The van der Waals surface area contributed by atoms with Gasteiger partial charge in [-0.2, -0.15) is 0 Å². The van der Waals surface area contributed by atoms with Crippen LogP contribution < -0.4 is 0 Å². The second-order valence-electron chi connectivity index (χ2n) is 11.1. The molecule has 3 heteroatoms. The summed E-state index contributed by atoms with van der Waals surface area (Å²) in [4.78, 5) is 10.1. The van der Waals surface area contributed by atoms with E-state index >= 15 is 0 Å². The highest BCUT2D eigenvalue weighted by atomic mass is 15.0. The summed E-state index contributed by atoms with van der Waals surface area (Å²) < 4.78 is 2.33. The standard InChI is InChI=1S/C37H27N3/c1-37(2)30-16-10-9-15-28(30)29-21-22-31-33(34(29)37)35-32(23-38-36(39-35)26-13-7-4-8-14-26)40(31)27-19-17-25(18-20-27)24-11-5-3-6-12-24/h3-23H,1-2H3. The van der Waals surface area contributed by atoms with Gasteiger partial charge in [0, 0.05) is 22.1 Å². The van der Waals surface area contributed by atoms with E-state index in [9.17, 15) is 0 Å². The van der Waals surface area contributed by atoms with Gasteiger partial charge in [0.25, 0.3) is 0 Å². The van der Waals surface area contributed by atoms with E-state index in [1.165, 1.54) is 38.8 Å². The molecule has 0 bridgehead atoms. The Hall–Kier alpha value is -5.02. The van der Waals surface area contributed by atoms with Crippen LogP contribution >= 0.6 is 0 Å². The molecule has 8 rings (SSSR count). The predicted molar refractivity (Wildman–Crippen MR) is 165 cm³/mol. The zero-order valence-electron chi connectivity index (χ0n) is 22.5. The van der Waals surface area contributed by atoms with Crippen molar-refractivity contribution in [2.75, 3.05) is 0 Å². The fraction of sp³-hybridized carbons (Fsp3) is 0.0811. The molecule has 0 N–H and O–H groups in total. The molecule has 0 saturated heterocycles. The van der Waals surface area contributed by atoms with Gasteiger partial charge in [-0.05, 0) is 51.6 Å². The normalized spacial score (nSPS) is 13.4. The first-order valence-electron chi connectivity index (χ1n) is 13.8. The highest BCUT2D eigenvalue weighted by molar-refractivity contribution is 6.12. The second-order valence-corrected chi connectivity index (χ2v) is 11.1. The minimum Gasteiger partial charge on any atom is -0.306 e. The maximum Gasteiger partial charge on any atom is 0.159 e. The molecule has 40 heavy (non-hydrogen) atoms. The molecule has 0 unspecified atom stereocenters. The number of aromatic nitrogens is 3. The van der Waals surface area contributed by atoms with Crippen LogP contribution in [0.4, 0.5) is 0 Å². The van der Waals surface area contributed by atoms with Gasteiger partial charge in [-0.15, -0.1) is 0 Å². The van der Waals surface area contributed by atoms with E-state index in [0.717, 1.165) is 33.6 Å². The third-order valence-corrected chi connectivity index (χ3v) is 8.45. The molecule has 190 valence electrons. The number of hydrogen-bond acceptors (Lipinski definition) is 2. The lowest BCUT2D eigenvalue weighted by molar-refractivity contribution is 0.666. The summed E-state index contributed by atoms with van der Waals surface area (Å²) in [6.45, 7) is 4.68. The van der Waals surface area contributed by atoms with Crippen molar-refractivity contribution in [2.24, 2.45) is 0 Å². The maximum atomic E-state index is 5.26. The van der Waals surface area contributed by atoms with E-state index in [0.29, 0.717) is 0 Å². The zero-order chi connectivity index (χ0) is 26.8. The van der Waals surface area contributed by atoms with Crippen LogP contribution in [0, 0.1) is 0 Å². The lowest BCUT2D eigenvalue weighted by Gasteiger charge is -2.22. The predicted octanol–water partition coefficient (Wildman–Crippen LogP) is 9.21. The fourth-order valence-corrected chi connectivity index (χ4v) is 6.58. The molecule has 5 aromatic carbocycles. The van der Waals surface area contributed by atoms with Crippen LogP contribution in [0.3, 0.4) is 0 Å². The van der Waals surface area contributed by atoms with Gasteiger partial charge in [-0.1, -0.05) is 117 Å². The van der Waals surface area contributed by atoms with Gasteiger partial charge in [-0.3, -0.25) is 0 Å². The Kier molecular flexibility index (Phi) is 4.86. The van der Waals surface area contributed by atoms with Gasteiger partial charge in [0.1, 0.15) is 5.52 Å². The summed E-state index contributed by atoms with van der Waals surface area (Å²) in [5.41, 5.74) is 12.9. The molecule has 1 aliphatic carbocycles. The van der Waals surface area contributed by atoms with Crippen molar-refractivity contribution in [1.29, 1.82) is 0 Å². The minimum atomic E-state index is -0.153. The third-order valence-electron chi connectivity index (χ3n) is 8.45. The molecule has 0 saturated carbocycles. The Bertz CT molecular complexity index is 2050. The number of rotatable bonds is 3. The Morgan fingerprint density at radius 2 is 1.23 bits per heavy atom. The summed E-state index contributed by atoms with van der Waals surface area (Å²) in [5.74, 6) is 0.748. The van der Waals surface area contributed by atoms with Crippen LogP contribution in [-0.2, 0) is 5.41 Å². The summed E-state index contributed by atoms with van der Waals surface area (Å²) in [6.07, 6.45) is 2.00. The molecule has 2 aromatic heterocycles. The average Bonchev–Trinajstić information content (AvgIpc) is 3.46. The lowest BCUT2D eigenvalue weighted by atomic mass is 9.81. The molecule has 0 amide bonds. The van der Waals surface area contributed by atoms with Crippen LogP contribution in [0.2, 0.25) is 0 Å². The highest BCUT2D eigenvalue weighted by Gasteiger charge is 2.38. The number of hydrogen-bond donors (Lipinski definition) is 0. The van der Waals surface area contributed by atoms with Crippen molar-refractivity contribution in [1.82, 2.24) is 14.5 Å². The van der Waals surface area contributed by atoms with Gasteiger partial charge >= 0.3 is 0 Å². The Morgan fingerprint density at radius 3 is 1.98 bits per heavy atom. The van der Waals surface area contributed by atoms with Crippen LogP contribution in [0.15, 0.2) is 128 Å². The molecule has 0 atom stereocenters. The zero-order valence-corrected chi connectivity index (χ0v) is 22.5. The largest absolute Gasteiger partial charge is 0.306 e. The molecule has 2 heterocycles. The molecule has 1 aliphatic rings. The monoisotopic (exact) mass is 513 g/mol. The summed E-state index contributed by atoms with van der Waals surface area (Å²) in [5, 5.41) is 1.21. The number of nitrogens with zero attached hydrogens (tertiary/aromatic N) is 3. The third kappa shape index (κ3) is 3.24. The molecule has 0 aliphatic heterocycles. The van der Waals surface area contributed by atoms with Gasteiger partial charge in [-0.25, -0.2) is 9.97 Å². The number of fused-ring (bicyclic) bond motifs is 7. The Labute approximate surface area is 233 Å². The second kappa shape index (κ2) is 8.49.